The number of benzene rings is 1. The summed E-state index contributed by atoms with van der Waals surface area (Å²) in [6.07, 6.45) is 0. The van der Waals surface area contributed by atoms with Gasteiger partial charge in [0, 0.05) is 15.6 Å². The first-order valence-corrected chi connectivity index (χ1v) is 11.3. The molecule has 3 aromatic rings. The number of nitrogens with zero attached hydrogens (tertiary/aromatic N) is 3. The van der Waals surface area contributed by atoms with Crippen LogP contribution in [0.15, 0.2) is 29.1 Å². The highest BCUT2D eigenvalue weighted by molar-refractivity contribution is 7.18. The van der Waals surface area contributed by atoms with Gasteiger partial charge in [-0.2, -0.15) is 0 Å². The average molecular weight is 447 g/mol. The lowest BCUT2D eigenvalue weighted by atomic mass is 10.2. The van der Waals surface area contributed by atoms with Crippen LogP contribution in [0.1, 0.15) is 43.1 Å². The molecule has 0 radical (unpaired) electrons. The van der Waals surface area contributed by atoms with E-state index in [9.17, 15) is 9.59 Å². The largest absolute Gasteiger partial charge is 0.324 e. The summed E-state index contributed by atoms with van der Waals surface area (Å²) in [4.78, 5) is 35.3. The summed E-state index contributed by atoms with van der Waals surface area (Å²) in [5.74, 6) is 0.335. The van der Waals surface area contributed by atoms with E-state index in [2.05, 4.69) is 24.1 Å². The van der Waals surface area contributed by atoms with E-state index >= 15 is 0 Å². The van der Waals surface area contributed by atoms with Gasteiger partial charge in [-0.3, -0.25) is 19.1 Å². The zero-order valence-electron chi connectivity index (χ0n) is 18.0. The molecule has 0 bridgehead atoms. The summed E-state index contributed by atoms with van der Waals surface area (Å²) in [6.45, 7) is 12.0. The average Bonchev–Trinajstić information content (AvgIpc) is 3.01. The molecule has 30 heavy (non-hydrogen) atoms. The van der Waals surface area contributed by atoms with E-state index in [4.69, 9.17) is 16.6 Å². The Hall–Kier alpha value is -2.22. The topological polar surface area (TPSA) is 67.2 Å². The molecule has 0 saturated carbocycles. The van der Waals surface area contributed by atoms with Crippen LogP contribution in [0.5, 0.6) is 0 Å². The van der Waals surface area contributed by atoms with E-state index in [0.717, 1.165) is 28.4 Å². The zero-order chi connectivity index (χ0) is 22.0. The summed E-state index contributed by atoms with van der Waals surface area (Å²) in [5, 5.41) is 4.07. The summed E-state index contributed by atoms with van der Waals surface area (Å²) in [5.41, 5.74) is 1.40. The van der Waals surface area contributed by atoms with Crippen molar-refractivity contribution in [3.05, 3.63) is 55.9 Å². The van der Waals surface area contributed by atoms with Gasteiger partial charge in [-0.1, -0.05) is 25.4 Å². The van der Waals surface area contributed by atoms with E-state index in [1.165, 1.54) is 11.3 Å². The van der Waals surface area contributed by atoms with Crippen molar-refractivity contribution < 1.29 is 4.79 Å². The molecule has 0 saturated heterocycles. The maximum absolute atomic E-state index is 13.5. The van der Waals surface area contributed by atoms with Gasteiger partial charge in [0.2, 0.25) is 5.91 Å². The quantitative estimate of drug-likeness (QED) is 0.567. The second-order valence-corrected chi connectivity index (χ2v) is 8.94. The Morgan fingerprint density at radius 3 is 2.47 bits per heavy atom. The van der Waals surface area contributed by atoms with Crippen LogP contribution in [0.25, 0.3) is 10.2 Å². The third kappa shape index (κ3) is 4.43. The molecular formula is C22H27ClN4O2S. The van der Waals surface area contributed by atoms with Crippen molar-refractivity contribution in [2.45, 2.75) is 47.2 Å². The van der Waals surface area contributed by atoms with Gasteiger partial charge in [0.15, 0.2) is 0 Å². The Labute approximate surface area is 185 Å². The molecule has 1 N–H and O–H groups in total. The minimum atomic E-state index is -0.713. The van der Waals surface area contributed by atoms with Crippen LogP contribution < -0.4 is 10.9 Å². The minimum Gasteiger partial charge on any atom is -0.324 e. The second-order valence-electron chi connectivity index (χ2n) is 7.30. The molecule has 160 valence electrons. The van der Waals surface area contributed by atoms with E-state index in [1.807, 2.05) is 13.8 Å². The molecule has 3 rings (SSSR count). The number of rotatable bonds is 7. The first kappa shape index (κ1) is 22.5. The molecule has 0 fully saturated rings. The smallest absolute Gasteiger partial charge is 0.263 e. The van der Waals surface area contributed by atoms with Crippen molar-refractivity contribution in [3.63, 3.8) is 0 Å². The Morgan fingerprint density at radius 1 is 1.23 bits per heavy atom. The third-order valence-corrected chi connectivity index (χ3v) is 6.80. The highest BCUT2D eigenvalue weighted by Gasteiger charge is 2.24. The van der Waals surface area contributed by atoms with Crippen molar-refractivity contribution in [3.8, 4) is 0 Å². The van der Waals surface area contributed by atoms with Crippen LogP contribution in [0.3, 0.4) is 0 Å². The summed E-state index contributed by atoms with van der Waals surface area (Å²) >= 11 is 7.45. The molecule has 0 aliphatic carbocycles. The van der Waals surface area contributed by atoms with Gasteiger partial charge in [0.25, 0.3) is 5.56 Å². The van der Waals surface area contributed by atoms with E-state index < -0.39 is 6.04 Å². The third-order valence-electron chi connectivity index (χ3n) is 5.45. The molecule has 0 aliphatic heterocycles. The van der Waals surface area contributed by atoms with Gasteiger partial charge in [-0.25, -0.2) is 4.98 Å². The van der Waals surface area contributed by atoms with E-state index in [0.29, 0.717) is 28.5 Å². The summed E-state index contributed by atoms with van der Waals surface area (Å²) in [6, 6.07) is 6.19. The molecule has 0 spiro atoms. The predicted octanol–water partition coefficient (Wildman–Crippen LogP) is 4.77. The molecule has 2 aromatic heterocycles. The number of aromatic nitrogens is 2. The number of nitrogens with one attached hydrogen (secondary N) is 1. The number of thiophene rings is 1. The van der Waals surface area contributed by atoms with Crippen LogP contribution in [-0.2, 0) is 11.3 Å². The normalized spacial score (nSPS) is 12.5. The Morgan fingerprint density at radius 2 is 1.87 bits per heavy atom. The van der Waals surface area contributed by atoms with Crippen molar-refractivity contribution >= 4 is 44.7 Å². The standard InChI is InChI=1S/C22H27ClN4O2S/c1-6-26(7-2)12-18-25-21-19(13(3)15(5)30-21)22(29)27(18)14(4)20(28)24-17-10-8-16(23)9-11-17/h8-11,14H,6-7,12H2,1-5H3,(H,24,28). The van der Waals surface area contributed by atoms with Crippen LogP contribution in [0.4, 0.5) is 5.69 Å². The first-order chi connectivity index (χ1) is 14.3. The van der Waals surface area contributed by atoms with Gasteiger partial charge in [0.05, 0.1) is 11.9 Å². The number of hydrogen-bond acceptors (Lipinski definition) is 5. The highest BCUT2D eigenvalue weighted by atomic mass is 35.5. The monoisotopic (exact) mass is 446 g/mol. The molecule has 1 amide bonds. The number of halogens is 1. The van der Waals surface area contributed by atoms with Crippen LogP contribution in [0.2, 0.25) is 5.02 Å². The van der Waals surface area contributed by atoms with Crippen molar-refractivity contribution in [1.82, 2.24) is 14.5 Å². The SMILES string of the molecule is CCN(CC)Cc1nc2sc(C)c(C)c2c(=O)n1C(C)C(=O)Nc1ccc(Cl)cc1. The van der Waals surface area contributed by atoms with Gasteiger partial charge < -0.3 is 5.32 Å². The number of fused-ring (bicyclic) bond motifs is 1. The lowest BCUT2D eigenvalue weighted by molar-refractivity contribution is -0.119. The number of carbonyl (C=O) groups is 1. The number of amides is 1. The number of anilines is 1. The van der Waals surface area contributed by atoms with Gasteiger partial charge >= 0.3 is 0 Å². The molecule has 1 atom stereocenters. The van der Waals surface area contributed by atoms with Crippen molar-refractivity contribution in [2.75, 3.05) is 18.4 Å². The number of hydrogen-bond donors (Lipinski definition) is 1. The molecule has 6 nitrogen and oxygen atoms in total. The maximum Gasteiger partial charge on any atom is 0.263 e. The minimum absolute atomic E-state index is 0.164. The van der Waals surface area contributed by atoms with Gasteiger partial charge in [-0.05, 0) is 63.7 Å². The van der Waals surface area contributed by atoms with Crippen molar-refractivity contribution in [1.29, 1.82) is 0 Å². The number of carbonyl (C=O) groups excluding carboxylic acids is 1. The Kier molecular flexibility index (Phi) is 6.95. The Bertz CT molecular complexity index is 1120. The molecular weight excluding hydrogens is 420 g/mol. The first-order valence-electron chi connectivity index (χ1n) is 10.1. The van der Waals surface area contributed by atoms with Gasteiger partial charge in [-0.15, -0.1) is 11.3 Å². The molecule has 0 aliphatic rings. The highest BCUT2D eigenvalue weighted by Crippen LogP contribution is 2.27. The fourth-order valence-electron chi connectivity index (χ4n) is 3.40. The lowest BCUT2D eigenvalue weighted by Crippen LogP contribution is -2.37. The van der Waals surface area contributed by atoms with E-state index in [-0.39, 0.29) is 11.5 Å². The maximum atomic E-state index is 13.5. The van der Waals surface area contributed by atoms with Crippen molar-refractivity contribution in [2.24, 2.45) is 0 Å². The molecule has 2 heterocycles. The predicted molar refractivity (Wildman–Crippen MR) is 125 cm³/mol. The fourth-order valence-corrected chi connectivity index (χ4v) is 4.57. The Balaban J connectivity index is 2.07. The van der Waals surface area contributed by atoms with Crippen LogP contribution >= 0.6 is 22.9 Å². The number of aryl methyl sites for hydroxylation is 2. The van der Waals surface area contributed by atoms with Gasteiger partial charge in [0.1, 0.15) is 16.7 Å². The van der Waals surface area contributed by atoms with E-state index in [1.54, 1.807) is 35.8 Å². The fraction of sp³-hybridized carbons (Fsp3) is 0.409. The van der Waals surface area contributed by atoms with Crippen LogP contribution in [-0.4, -0.2) is 33.4 Å². The zero-order valence-corrected chi connectivity index (χ0v) is 19.5. The summed E-state index contributed by atoms with van der Waals surface area (Å²) < 4.78 is 1.55. The molecule has 1 unspecified atom stereocenters. The second kappa shape index (κ2) is 9.29. The molecule has 1 aromatic carbocycles. The van der Waals surface area contributed by atoms with Crippen LogP contribution in [0, 0.1) is 13.8 Å². The molecule has 8 heteroatoms. The lowest BCUT2D eigenvalue weighted by Gasteiger charge is -2.23. The summed E-state index contributed by atoms with van der Waals surface area (Å²) in [7, 11) is 0.